The van der Waals surface area contributed by atoms with Gasteiger partial charge in [0, 0.05) is 11.1 Å². The van der Waals surface area contributed by atoms with Crippen LogP contribution in [0, 0.1) is 5.41 Å². The van der Waals surface area contributed by atoms with Crippen molar-refractivity contribution in [2.75, 3.05) is 19.0 Å². The first-order valence-electron chi connectivity index (χ1n) is 6.46. The number of carbonyl (C=O) groups is 2. The molecule has 1 aromatic rings. The molecule has 0 spiro atoms. The summed E-state index contributed by atoms with van der Waals surface area (Å²) in [4.78, 5) is 23.8. The van der Waals surface area contributed by atoms with E-state index in [1.807, 2.05) is 20.8 Å². The summed E-state index contributed by atoms with van der Waals surface area (Å²) >= 11 is 0. The Hall–Kier alpha value is -2.04. The maximum atomic E-state index is 11.9. The summed E-state index contributed by atoms with van der Waals surface area (Å²) in [6.45, 7) is 7.46. The van der Waals surface area contributed by atoms with Crippen molar-refractivity contribution in [2.24, 2.45) is 5.41 Å². The van der Waals surface area contributed by atoms with Gasteiger partial charge >= 0.3 is 5.97 Å². The van der Waals surface area contributed by atoms with E-state index in [9.17, 15) is 9.59 Å². The predicted octanol–water partition coefficient (Wildman–Crippen LogP) is 2.86. The molecule has 1 rings (SSSR count). The van der Waals surface area contributed by atoms with Gasteiger partial charge in [-0.25, -0.2) is 4.79 Å². The maximum absolute atomic E-state index is 11.9. The first-order chi connectivity index (χ1) is 9.29. The molecule has 1 N–H and O–H groups in total. The van der Waals surface area contributed by atoms with Crippen LogP contribution in [-0.2, 0) is 9.53 Å². The summed E-state index contributed by atoms with van der Waals surface area (Å²) in [7, 11) is 1.48. The van der Waals surface area contributed by atoms with Crippen LogP contribution >= 0.6 is 0 Å². The number of anilines is 1. The predicted molar refractivity (Wildman–Crippen MR) is 77.0 cm³/mol. The monoisotopic (exact) mass is 279 g/mol. The van der Waals surface area contributed by atoms with Gasteiger partial charge in [-0.2, -0.15) is 0 Å². The Labute approximate surface area is 119 Å². The van der Waals surface area contributed by atoms with E-state index in [1.165, 1.54) is 7.11 Å². The van der Waals surface area contributed by atoms with Crippen molar-refractivity contribution in [1.29, 1.82) is 0 Å². The van der Waals surface area contributed by atoms with Crippen LogP contribution in [0.15, 0.2) is 18.2 Å². The van der Waals surface area contributed by atoms with Crippen molar-refractivity contribution in [3.63, 3.8) is 0 Å². The fourth-order valence-corrected chi connectivity index (χ4v) is 1.47. The van der Waals surface area contributed by atoms with Gasteiger partial charge in [-0.3, -0.25) is 4.79 Å². The zero-order valence-corrected chi connectivity index (χ0v) is 12.6. The second-order valence-electron chi connectivity index (χ2n) is 5.34. The van der Waals surface area contributed by atoms with Crippen LogP contribution < -0.4 is 10.1 Å². The van der Waals surface area contributed by atoms with Crippen LogP contribution in [-0.4, -0.2) is 25.6 Å². The number of nitrogens with one attached hydrogen (secondary N) is 1. The highest BCUT2D eigenvalue weighted by molar-refractivity contribution is 5.98. The number of carbonyl (C=O) groups excluding carboxylic acids is 2. The molecule has 0 aliphatic rings. The van der Waals surface area contributed by atoms with E-state index in [2.05, 4.69) is 5.32 Å². The fraction of sp³-hybridized carbons (Fsp3) is 0.467. The Kier molecular flexibility index (Phi) is 5.13. The van der Waals surface area contributed by atoms with Crippen molar-refractivity contribution in [3.05, 3.63) is 23.8 Å². The largest absolute Gasteiger partial charge is 0.496 e. The Morgan fingerprint density at radius 2 is 1.90 bits per heavy atom. The second kappa shape index (κ2) is 6.41. The molecule has 0 saturated carbocycles. The summed E-state index contributed by atoms with van der Waals surface area (Å²) in [5.74, 6) is -0.189. The Bertz CT molecular complexity index is 503. The van der Waals surface area contributed by atoms with Crippen LogP contribution in [0.5, 0.6) is 5.75 Å². The van der Waals surface area contributed by atoms with Crippen LogP contribution in [0.2, 0.25) is 0 Å². The first-order valence-corrected chi connectivity index (χ1v) is 6.46. The zero-order chi connectivity index (χ0) is 15.3. The van der Waals surface area contributed by atoms with Gasteiger partial charge in [-0.1, -0.05) is 20.8 Å². The number of benzene rings is 1. The van der Waals surface area contributed by atoms with Gasteiger partial charge in [0.2, 0.25) is 5.91 Å². The number of methoxy groups -OCH3 is 1. The van der Waals surface area contributed by atoms with Gasteiger partial charge in [-0.05, 0) is 25.1 Å². The molecule has 0 aliphatic heterocycles. The third kappa shape index (κ3) is 3.98. The standard InChI is InChI=1S/C15H21NO4/c1-6-20-13(17)11-9-10(7-8-12(11)19-5)16-14(18)15(2,3)4/h7-9H,6H2,1-5H3,(H,16,18). The summed E-state index contributed by atoms with van der Waals surface area (Å²) in [6, 6.07) is 4.87. The maximum Gasteiger partial charge on any atom is 0.341 e. The zero-order valence-electron chi connectivity index (χ0n) is 12.6. The smallest absolute Gasteiger partial charge is 0.341 e. The minimum atomic E-state index is -0.510. The average molecular weight is 279 g/mol. The average Bonchev–Trinajstić information content (AvgIpc) is 2.37. The van der Waals surface area contributed by atoms with Crippen molar-refractivity contribution >= 4 is 17.6 Å². The van der Waals surface area contributed by atoms with E-state index in [0.29, 0.717) is 17.0 Å². The number of esters is 1. The van der Waals surface area contributed by atoms with Crippen LogP contribution in [0.4, 0.5) is 5.69 Å². The van der Waals surface area contributed by atoms with Crippen molar-refractivity contribution < 1.29 is 19.1 Å². The number of hydrogen-bond acceptors (Lipinski definition) is 4. The lowest BCUT2D eigenvalue weighted by Gasteiger charge is -2.18. The summed E-state index contributed by atoms with van der Waals surface area (Å²) < 4.78 is 10.1. The minimum Gasteiger partial charge on any atom is -0.496 e. The summed E-state index contributed by atoms with van der Waals surface area (Å²) in [5.41, 5.74) is 0.319. The lowest BCUT2D eigenvalue weighted by molar-refractivity contribution is -0.123. The van der Waals surface area contributed by atoms with Gasteiger partial charge in [0.15, 0.2) is 0 Å². The van der Waals surface area contributed by atoms with E-state index < -0.39 is 11.4 Å². The highest BCUT2D eigenvalue weighted by atomic mass is 16.5. The lowest BCUT2D eigenvalue weighted by Crippen LogP contribution is -2.27. The molecule has 0 atom stereocenters. The molecule has 0 saturated heterocycles. The van der Waals surface area contributed by atoms with Crippen molar-refractivity contribution in [2.45, 2.75) is 27.7 Å². The third-order valence-corrected chi connectivity index (χ3v) is 2.63. The Balaban J connectivity index is 3.04. The molecule has 110 valence electrons. The van der Waals surface area contributed by atoms with Crippen LogP contribution in [0.25, 0.3) is 0 Å². The molecule has 0 bridgehead atoms. The molecule has 5 heteroatoms. The normalized spacial score (nSPS) is 10.8. The van der Waals surface area contributed by atoms with Gasteiger partial charge in [-0.15, -0.1) is 0 Å². The molecule has 0 heterocycles. The van der Waals surface area contributed by atoms with Gasteiger partial charge in [0.05, 0.1) is 13.7 Å². The minimum absolute atomic E-state index is 0.127. The molecule has 0 aliphatic carbocycles. The van der Waals surface area contributed by atoms with E-state index >= 15 is 0 Å². The first kappa shape index (κ1) is 16.0. The van der Waals surface area contributed by atoms with E-state index in [4.69, 9.17) is 9.47 Å². The molecule has 1 aromatic carbocycles. The molecule has 0 unspecified atom stereocenters. The number of ether oxygens (including phenoxy) is 2. The number of rotatable bonds is 4. The molecule has 5 nitrogen and oxygen atoms in total. The molecular weight excluding hydrogens is 258 g/mol. The quantitative estimate of drug-likeness (QED) is 0.861. The van der Waals surface area contributed by atoms with E-state index in [1.54, 1.807) is 25.1 Å². The topological polar surface area (TPSA) is 64.6 Å². The van der Waals surface area contributed by atoms with Crippen LogP contribution in [0.3, 0.4) is 0 Å². The fourth-order valence-electron chi connectivity index (χ4n) is 1.47. The second-order valence-corrected chi connectivity index (χ2v) is 5.34. The summed E-state index contributed by atoms with van der Waals surface area (Å²) in [5, 5.41) is 2.77. The molecule has 20 heavy (non-hydrogen) atoms. The highest BCUT2D eigenvalue weighted by Crippen LogP contribution is 2.25. The van der Waals surface area contributed by atoms with Gasteiger partial charge in [0.1, 0.15) is 11.3 Å². The number of amides is 1. The van der Waals surface area contributed by atoms with Crippen molar-refractivity contribution in [1.82, 2.24) is 0 Å². The molecular formula is C15H21NO4. The number of hydrogen-bond donors (Lipinski definition) is 1. The van der Waals surface area contributed by atoms with Crippen LogP contribution in [0.1, 0.15) is 38.1 Å². The lowest BCUT2D eigenvalue weighted by atomic mass is 9.95. The van der Waals surface area contributed by atoms with E-state index in [0.717, 1.165) is 0 Å². The SMILES string of the molecule is CCOC(=O)c1cc(NC(=O)C(C)(C)C)ccc1OC. The van der Waals surface area contributed by atoms with E-state index in [-0.39, 0.29) is 12.5 Å². The Morgan fingerprint density at radius 1 is 1.25 bits per heavy atom. The third-order valence-electron chi connectivity index (χ3n) is 2.63. The van der Waals surface area contributed by atoms with Gasteiger partial charge in [0.25, 0.3) is 0 Å². The highest BCUT2D eigenvalue weighted by Gasteiger charge is 2.22. The summed E-state index contributed by atoms with van der Waals surface area (Å²) in [6.07, 6.45) is 0. The molecule has 1 amide bonds. The Morgan fingerprint density at radius 3 is 2.40 bits per heavy atom. The molecule has 0 aromatic heterocycles. The van der Waals surface area contributed by atoms with Gasteiger partial charge < -0.3 is 14.8 Å². The molecule has 0 fully saturated rings. The molecule has 0 radical (unpaired) electrons. The van der Waals surface area contributed by atoms with Crippen molar-refractivity contribution in [3.8, 4) is 5.75 Å².